The molecule has 0 bridgehead atoms. The van der Waals surface area contributed by atoms with Gasteiger partial charge in [-0.3, -0.25) is 4.40 Å². The molecule has 0 aliphatic heterocycles. The van der Waals surface area contributed by atoms with Gasteiger partial charge in [-0.15, -0.1) is 0 Å². The van der Waals surface area contributed by atoms with E-state index in [0.717, 1.165) is 12.4 Å². The molecule has 2 aromatic rings. The Morgan fingerprint density at radius 1 is 1.41 bits per heavy atom. The number of anilines is 1. The van der Waals surface area contributed by atoms with Crippen molar-refractivity contribution in [3.63, 3.8) is 0 Å². The summed E-state index contributed by atoms with van der Waals surface area (Å²) in [5.74, 6) is 1.29. The van der Waals surface area contributed by atoms with Gasteiger partial charge in [-0.25, -0.2) is 4.98 Å². The molecule has 0 spiro atoms. The molecule has 0 aliphatic carbocycles. The Kier molecular flexibility index (Phi) is 3.77. The van der Waals surface area contributed by atoms with Crippen LogP contribution in [-0.4, -0.2) is 41.2 Å². The molecule has 2 aromatic heterocycles. The van der Waals surface area contributed by atoms with Crippen molar-refractivity contribution in [3.05, 3.63) is 18.6 Å². The van der Waals surface area contributed by atoms with E-state index < -0.39 is 0 Å². The number of rotatable bonds is 6. The Hall–Kier alpha value is -1.82. The number of hydrogen-bond acceptors (Lipinski definition) is 5. The maximum absolute atomic E-state index is 5.55. The van der Waals surface area contributed by atoms with Gasteiger partial charge in [0, 0.05) is 26.0 Å². The molecule has 6 nitrogen and oxygen atoms in total. The third kappa shape index (κ3) is 2.65. The Balaban J connectivity index is 2.26. The van der Waals surface area contributed by atoms with E-state index in [1.165, 1.54) is 0 Å². The molecule has 92 valence electrons. The van der Waals surface area contributed by atoms with Gasteiger partial charge in [0.1, 0.15) is 12.4 Å². The summed E-state index contributed by atoms with van der Waals surface area (Å²) >= 11 is 0. The molecule has 0 saturated carbocycles. The zero-order valence-corrected chi connectivity index (χ0v) is 10.0. The lowest BCUT2D eigenvalue weighted by atomic mass is 10.5. The van der Waals surface area contributed by atoms with E-state index >= 15 is 0 Å². The average Bonchev–Trinajstić information content (AvgIpc) is 2.78. The van der Waals surface area contributed by atoms with Crippen molar-refractivity contribution in [2.45, 2.75) is 6.92 Å². The van der Waals surface area contributed by atoms with Crippen LogP contribution in [0, 0.1) is 0 Å². The SMILES string of the molecule is CCNc1cn2ccnc2c(OCCOC)n1. The van der Waals surface area contributed by atoms with E-state index in [1.54, 1.807) is 13.3 Å². The number of fused-ring (bicyclic) bond motifs is 1. The van der Waals surface area contributed by atoms with Gasteiger partial charge < -0.3 is 14.8 Å². The van der Waals surface area contributed by atoms with Crippen LogP contribution in [0.3, 0.4) is 0 Å². The predicted molar refractivity (Wildman–Crippen MR) is 64.5 cm³/mol. The first kappa shape index (κ1) is 11.7. The predicted octanol–water partition coefficient (Wildman–Crippen LogP) is 1.19. The van der Waals surface area contributed by atoms with Gasteiger partial charge in [-0.05, 0) is 6.92 Å². The fraction of sp³-hybridized carbons (Fsp3) is 0.455. The number of aromatic nitrogens is 3. The normalized spacial score (nSPS) is 10.7. The van der Waals surface area contributed by atoms with Crippen molar-refractivity contribution in [1.29, 1.82) is 0 Å². The largest absolute Gasteiger partial charge is 0.473 e. The molecule has 0 radical (unpaired) electrons. The zero-order chi connectivity index (χ0) is 12.1. The first-order chi connectivity index (χ1) is 8.35. The van der Waals surface area contributed by atoms with E-state index in [0.29, 0.717) is 24.7 Å². The quantitative estimate of drug-likeness (QED) is 0.763. The topological polar surface area (TPSA) is 60.7 Å². The smallest absolute Gasteiger partial charge is 0.260 e. The number of ether oxygens (including phenoxy) is 2. The summed E-state index contributed by atoms with van der Waals surface area (Å²) < 4.78 is 12.4. The van der Waals surface area contributed by atoms with Crippen LogP contribution in [0.5, 0.6) is 5.88 Å². The van der Waals surface area contributed by atoms with Gasteiger partial charge in [0.25, 0.3) is 5.88 Å². The summed E-state index contributed by atoms with van der Waals surface area (Å²) in [7, 11) is 1.64. The monoisotopic (exact) mass is 236 g/mol. The molecular formula is C11H16N4O2. The van der Waals surface area contributed by atoms with Crippen molar-refractivity contribution in [2.75, 3.05) is 32.2 Å². The summed E-state index contributed by atoms with van der Waals surface area (Å²) in [5, 5.41) is 3.15. The molecular weight excluding hydrogens is 220 g/mol. The highest BCUT2D eigenvalue weighted by Crippen LogP contribution is 2.18. The van der Waals surface area contributed by atoms with Crippen LogP contribution < -0.4 is 10.1 Å². The third-order valence-corrected chi connectivity index (χ3v) is 2.23. The van der Waals surface area contributed by atoms with Crippen LogP contribution >= 0.6 is 0 Å². The van der Waals surface area contributed by atoms with Crippen molar-refractivity contribution in [1.82, 2.24) is 14.4 Å². The van der Waals surface area contributed by atoms with Crippen LogP contribution in [0.25, 0.3) is 5.65 Å². The highest BCUT2D eigenvalue weighted by molar-refractivity contribution is 5.53. The van der Waals surface area contributed by atoms with E-state index in [1.807, 2.05) is 23.7 Å². The van der Waals surface area contributed by atoms with Gasteiger partial charge in [-0.2, -0.15) is 4.98 Å². The van der Waals surface area contributed by atoms with Crippen molar-refractivity contribution >= 4 is 11.5 Å². The number of nitrogens with zero attached hydrogens (tertiary/aromatic N) is 3. The molecule has 2 rings (SSSR count). The second-order valence-electron chi connectivity index (χ2n) is 3.46. The maximum atomic E-state index is 5.55. The fourth-order valence-corrected chi connectivity index (χ4v) is 1.49. The number of hydrogen-bond donors (Lipinski definition) is 1. The number of nitrogens with one attached hydrogen (secondary N) is 1. The second kappa shape index (κ2) is 5.49. The van der Waals surface area contributed by atoms with Gasteiger partial charge in [0.2, 0.25) is 5.65 Å². The van der Waals surface area contributed by atoms with E-state index in [9.17, 15) is 0 Å². The summed E-state index contributed by atoms with van der Waals surface area (Å²) in [6.45, 7) is 3.82. The lowest BCUT2D eigenvalue weighted by Gasteiger charge is -2.09. The molecule has 0 fully saturated rings. The average molecular weight is 236 g/mol. The van der Waals surface area contributed by atoms with Gasteiger partial charge >= 0.3 is 0 Å². The van der Waals surface area contributed by atoms with Gasteiger partial charge in [0.05, 0.1) is 12.8 Å². The minimum atomic E-state index is 0.460. The van der Waals surface area contributed by atoms with E-state index in [-0.39, 0.29) is 0 Å². The van der Waals surface area contributed by atoms with Crippen molar-refractivity contribution < 1.29 is 9.47 Å². The van der Waals surface area contributed by atoms with E-state index in [4.69, 9.17) is 9.47 Å². The Morgan fingerprint density at radius 2 is 2.29 bits per heavy atom. The minimum absolute atomic E-state index is 0.460. The fourth-order valence-electron chi connectivity index (χ4n) is 1.49. The summed E-state index contributed by atoms with van der Waals surface area (Å²) in [6, 6.07) is 0. The van der Waals surface area contributed by atoms with Crippen LogP contribution in [-0.2, 0) is 4.74 Å². The summed E-state index contributed by atoms with van der Waals surface area (Å²) in [5.41, 5.74) is 0.711. The van der Waals surface area contributed by atoms with Crippen LogP contribution in [0.15, 0.2) is 18.6 Å². The van der Waals surface area contributed by atoms with Crippen LogP contribution in [0.2, 0.25) is 0 Å². The molecule has 0 amide bonds. The number of imidazole rings is 1. The Morgan fingerprint density at radius 3 is 3.06 bits per heavy atom. The molecule has 0 aliphatic rings. The molecule has 6 heteroatoms. The van der Waals surface area contributed by atoms with Crippen molar-refractivity contribution in [3.8, 4) is 5.88 Å². The van der Waals surface area contributed by atoms with Gasteiger partial charge in [-0.1, -0.05) is 0 Å². The first-order valence-electron chi connectivity index (χ1n) is 5.54. The molecule has 0 aromatic carbocycles. The lowest BCUT2D eigenvalue weighted by Crippen LogP contribution is -2.09. The van der Waals surface area contributed by atoms with Crippen LogP contribution in [0.1, 0.15) is 6.92 Å². The summed E-state index contributed by atoms with van der Waals surface area (Å²) in [4.78, 5) is 8.57. The standard InChI is InChI=1S/C11H16N4O2/c1-3-12-9-8-15-5-4-13-10(15)11(14-9)17-7-6-16-2/h4-5,8,12H,3,6-7H2,1-2H3. The summed E-state index contributed by atoms with van der Waals surface area (Å²) in [6.07, 6.45) is 5.46. The molecule has 2 heterocycles. The zero-order valence-electron chi connectivity index (χ0n) is 10.0. The maximum Gasteiger partial charge on any atom is 0.260 e. The highest BCUT2D eigenvalue weighted by atomic mass is 16.5. The third-order valence-electron chi connectivity index (χ3n) is 2.23. The highest BCUT2D eigenvalue weighted by Gasteiger charge is 2.08. The molecule has 0 saturated heterocycles. The Labute approximate surface area is 99.6 Å². The molecule has 17 heavy (non-hydrogen) atoms. The molecule has 0 atom stereocenters. The Bertz CT molecular complexity index is 483. The van der Waals surface area contributed by atoms with Crippen LogP contribution in [0.4, 0.5) is 5.82 Å². The minimum Gasteiger partial charge on any atom is -0.473 e. The molecule has 1 N–H and O–H groups in total. The van der Waals surface area contributed by atoms with Crippen molar-refractivity contribution in [2.24, 2.45) is 0 Å². The second-order valence-corrected chi connectivity index (χ2v) is 3.46. The molecule has 0 unspecified atom stereocenters. The number of methoxy groups -OCH3 is 1. The van der Waals surface area contributed by atoms with Gasteiger partial charge in [0.15, 0.2) is 0 Å². The lowest BCUT2D eigenvalue weighted by molar-refractivity contribution is 0.144. The first-order valence-corrected chi connectivity index (χ1v) is 5.54. The van der Waals surface area contributed by atoms with E-state index in [2.05, 4.69) is 15.3 Å².